The molecule has 1 rings (SSSR count). The smallest absolute Gasteiger partial charge is 0.0752 e. The van der Waals surface area contributed by atoms with E-state index in [0.29, 0.717) is 0 Å². The van der Waals surface area contributed by atoms with E-state index in [1.807, 2.05) is 0 Å². The second kappa shape index (κ2) is 12.2. The highest BCUT2D eigenvalue weighted by Crippen LogP contribution is 2.11. The van der Waals surface area contributed by atoms with E-state index in [9.17, 15) is 0 Å². The molecule has 1 aliphatic heterocycles. The van der Waals surface area contributed by atoms with Crippen molar-refractivity contribution in [1.82, 2.24) is 20.4 Å². The van der Waals surface area contributed by atoms with Gasteiger partial charge in [-0.2, -0.15) is 0 Å². The van der Waals surface area contributed by atoms with E-state index in [1.54, 1.807) is 0 Å². The van der Waals surface area contributed by atoms with Gasteiger partial charge < -0.3 is 21.7 Å². The van der Waals surface area contributed by atoms with Crippen LogP contribution < -0.4 is 22.1 Å². The maximum atomic E-state index is 6.20. The van der Waals surface area contributed by atoms with Crippen LogP contribution in [-0.4, -0.2) is 81.4 Å². The van der Waals surface area contributed by atoms with Gasteiger partial charge >= 0.3 is 0 Å². The maximum Gasteiger partial charge on any atom is 0.0752 e. The molecule has 3 unspecified atom stereocenters. The zero-order valence-corrected chi connectivity index (χ0v) is 15.6. The molecule has 1 heterocycles. The third kappa shape index (κ3) is 8.98. The van der Waals surface area contributed by atoms with Crippen molar-refractivity contribution in [3.8, 4) is 0 Å². The number of unbranched alkanes of at least 4 members (excludes halogenated alkanes) is 3. The molecule has 23 heavy (non-hydrogen) atoms. The maximum absolute atomic E-state index is 6.20. The van der Waals surface area contributed by atoms with Crippen molar-refractivity contribution in [2.24, 2.45) is 11.5 Å². The van der Waals surface area contributed by atoms with Gasteiger partial charge in [0.05, 0.1) is 6.17 Å². The highest BCUT2D eigenvalue weighted by atomic mass is 15.3. The number of hydrogen-bond acceptors (Lipinski definition) is 6. The first-order chi connectivity index (χ1) is 11.0. The Morgan fingerprint density at radius 3 is 2.57 bits per heavy atom. The van der Waals surface area contributed by atoms with Gasteiger partial charge in [0.2, 0.25) is 0 Å². The van der Waals surface area contributed by atoms with Crippen LogP contribution in [0.15, 0.2) is 0 Å². The predicted octanol–water partition coefficient (Wildman–Crippen LogP) is -0.00610. The third-order valence-corrected chi connectivity index (χ3v) is 4.70. The molecule has 0 bridgehead atoms. The van der Waals surface area contributed by atoms with E-state index in [2.05, 4.69) is 41.5 Å². The van der Waals surface area contributed by atoms with Crippen molar-refractivity contribution in [2.45, 2.75) is 57.3 Å². The number of piperidine rings is 1. The Kier molecular flexibility index (Phi) is 11.0. The van der Waals surface area contributed by atoms with Gasteiger partial charge in [-0.1, -0.05) is 26.2 Å². The Morgan fingerprint density at radius 1 is 1.09 bits per heavy atom. The fraction of sp³-hybridized carbons (Fsp3) is 1.00. The molecule has 1 fully saturated rings. The largest absolute Gasteiger partial charge is 0.326 e. The molecule has 0 spiro atoms. The first-order valence-corrected chi connectivity index (χ1v) is 9.38. The topological polar surface area (TPSA) is 82.6 Å². The lowest BCUT2D eigenvalue weighted by atomic mass is 9.99. The van der Waals surface area contributed by atoms with Gasteiger partial charge in [0.1, 0.15) is 0 Å². The van der Waals surface area contributed by atoms with Gasteiger partial charge in [-0.15, -0.1) is 0 Å². The molecular weight excluding hydrogens is 288 g/mol. The number of nitrogens with two attached hydrogens (primary N) is 2. The van der Waals surface area contributed by atoms with Crippen molar-refractivity contribution < 1.29 is 0 Å². The Hall–Kier alpha value is -0.240. The van der Waals surface area contributed by atoms with Crippen LogP contribution in [-0.2, 0) is 0 Å². The molecule has 138 valence electrons. The SMILES string of the molecule is CCCCCCN(C)CCNCCNC1C(N)CC(N)CN1C. The number of hydrogen-bond donors (Lipinski definition) is 4. The van der Waals surface area contributed by atoms with Crippen molar-refractivity contribution >= 4 is 0 Å². The van der Waals surface area contributed by atoms with E-state index >= 15 is 0 Å². The number of nitrogens with zero attached hydrogens (tertiary/aromatic N) is 2. The lowest BCUT2D eigenvalue weighted by Crippen LogP contribution is -2.63. The molecular formula is C17H40N6. The molecule has 0 saturated carbocycles. The molecule has 0 radical (unpaired) electrons. The summed E-state index contributed by atoms with van der Waals surface area (Å²) in [6, 6.07) is 0.331. The zero-order valence-electron chi connectivity index (χ0n) is 15.6. The van der Waals surface area contributed by atoms with Crippen molar-refractivity contribution in [3.05, 3.63) is 0 Å². The number of likely N-dealkylation sites (N-methyl/N-ethyl adjacent to an activating group) is 2. The minimum atomic E-state index is 0.123. The summed E-state index contributed by atoms with van der Waals surface area (Å²) >= 11 is 0. The zero-order chi connectivity index (χ0) is 17.1. The van der Waals surface area contributed by atoms with Crippen LogP contribution >= 0.6 is 0 Å². The molecule has 0 aliphatic carbocycles. The quantitative estimate of drug-likeness (QED) is 0.377. The monoisotopic (exact) mass is 328 g/mol. The first kappa shape index (κ1) is 20.8. The van der Waals surface area contributed by atoms with Crippen LogP contribution in [0.1, 0.15) is 39.0 Å². The van der Waals surface area contributed by atoms with Crippen molar-refractivity contribution in [3.63, 3.8) is 0 Å². The summed E-state index contributed by atoms with van der Waals surface area (Å²) in [6.07, 6.45) is 6.50. The summed E-state index contributed by atoms with van der Waals surface area (Å²) < 4.78 is 0. The van der Waals surface area contributed by atoms with E-state index in [1.165, 1.54) is 32.2 Å². The summed E-state index contributed by atoms with van der Waals surface area (Å²) in [5.74, 6) is 0. The molecule has 6 N–H and O–H groups in total. The van der Waals surface area contributed by atoms with E-state index in [4.69, 9.17) is 11.5 Å². The molecule has 3 atom stereocenters. The third-order valence-electron chi connectivity index (χ3n) is 4.70. The predicted molar refractivity (Wildman–Crippen MR) is 99.5 cm³/mol. The number of nitrogens with one attached hydrogen (secondary N) is 2. The Balaban J connectivity index is 1.98. The molecule has 1 aliphatic rings. The number of likely N-dealkylation sites (tertiary alicyclic amines) is 1. The van der Waals surface area contributed by atoms with Gasteiger partial charge in [0.25, 0.3) is 0 Å². The molecule has 0 aromatic rings. The standard InChI is InChI=1S/C17H40N6/c1-4-5-6-7-11-22(2)12-10-20-8-9-21-17-16(19)13-15(18)14-23(17)3/h15-17,20-21H,4-14,18-19H2,1-3H3. The average Bonchev–Trinajstić information content (AvgIpc) is 2.49. The second-order valence-corrected chi connectivity index (χ2v) is 7.11. The lowest BCUT2D eigenvalue weighted by Gasteiger charge is -2.40. The first-order valence-electron chi connectivity index (χ1n) is 9.38. The summed E-state index contributed by atoms with van der Waals surface area (Å²) in [5, 5.41) is 7.06. The van der Waals surface area contributed by atoms with Crippen LogP contribution in [0, 0.1) is 0 Å². The van der Waals surface area contributed by atoms with Crippen molar-refractivity contribution in [2.75, 3.05) is 53.4 Å². The Labute approximate surface area is 143 Å². The van der Waals surface area contributed by atoms with Crippen LogP contribution in [0.3, 0.4) is 0 Å². The average molecular weight is 329 g/mol. The Morgan fingerprint density at radius 2 is 1.87 bits per heavy atom. The lowest BCUT2D eigenvalue weighted by molar-refractivity contribution is 0.118. The minimum absolute atomic E-state index is 0.123. The molecule has 0 aromatic heterocycles. The van der Waals surface area contributed by atoms with Gasteiger partial charge in [0, 0.05) is 44.8 Å². The Bertz CT molecular complexity index is 276. The fourth-order valence-corrected chi connectivity index (χ4v) is 3.29. The second-order valence-electron chi connectivity index (χ2n) is 7.11. The summed E-state index contributed by atoms with van der Waals surface area (Å²) in [6.45, 7) is 8.47. The molecule has 0 aromatic carbocycles. The van der Waals surface area contributed by atoms with Gasteiger partial charge in [0.15, 0.2) is 0 Å². The fourth-order valence-electron chi connectivity index (χ4n) is 3.29. The van der Waals surface area contributed by atoms with Crippen LogP contribution in [0.25, 0.3) is 0 Å². The summed E-state index contributed by atoms with van der Waals surface area (Å²) in [4.78, 5) is 4.66. The van der Waals surface area contributed by atoms with Crippen LogP contribution in [0.4, 0.5) is 0 Å². The summed E-state index contributed by atoms with van der Waals surface area (Å²) in [7, 11) is 4.31. The molecule has 6 heteroatoms. The highest BCUT2D eigenvalue weighted by molar-refractivity contribution is 4.89. The highest BCUT2D eigenvalue weighted by Gasteiger charge is 2.29. The van der Waals surface area contributed by atoms with Gasteiger partial charge in [-0.05, 0) is 33.5 Å². The van der Waals surface area contributed by atoms with E-state index < -0.39 is 0 Å². The van der Waals surface area contributed by atoms with Gasteiger partial charge in [-0.25, -0.2) is 0 Å². The van der Waals surface area contributed by atoms with E-state index in [-0.39, 0.29) is 18.2 Å². The van der Waals surface area contributed by atoms with Crippen LogP contribution in [0.2, 0.25) is 0 Å². The molecule has 1 saturated heterocycles. The normalized spacial score (nSPS) is 26.1. The van der Waals surface area contributed by atoms with Gasteiger partial charge in [-0.3, -0.25) is 10.2 Å². The molecule has 0 amide bonds. The van der Waals surface area contributed by atoms with Crippen molar-refractivity contribution in [1.29, 1.82) is 0 Å². The van der Waals surface area contributed by atoms with Crippen LogP contribution in [0.5, 0.6) is 0 Å². The molecule has 6 nitrogen and oxygen atoms in total. The minimum Gasteiger partial charge on any atom is -0.326 e. The van der Waals surface area contributed by atoms with E-state index in [0.717, 1.165) is 39.1 Å². The number of rotatable bonds is 12. The summed E-state index contributed by atoms with van der Waals surface area (Å²) in [5.41, 5.74) is 12.2.